The summed E-state index contributed by atoms with van der Waals surface area (Å²) in [7, 11) is 0. The number of para-hydroxylation sites is 2. The van der Waals surface area contributed by atoms with Gasteiger partial charge in [-0.05, 0) is 52.1 Å². The highest BCUT2D eigenvalue weighted by Gasteiger charge is 2.25. The number of hydrogen-bond acceptors (Lipinski definition) is 3. The number of hydrogen-bond donors (Lipinski definition) is 0. The molecule has 3 aromatic heterocycles. The maximum atomic E-state index is 5.42. The topological polar surface area (TPSA) is 48.5 Å². The minimum Gasteiger partial charge on any atom is -0.307 e. The van der Waals surface area contributed by atoms with Crippen LogP contribution in [0.3, 0.4) is 0 Å². The smallest absolute Gasteiger partial charge is 0.238 e. The summed E-state index contributed by atoms with van der Waals surface area (Å²) in [5.41, 5.74) is 14.0. The summed E-state index contributed by atoms with van der Waals surface area (Å²) in [5.74, 6) is 1.76. The third-order valence-corrected chi connectivity index (χ3v) is 12.0. The number of rotatable bonds is 7. The van der Waals surface area contributed by atoms with E-state index in [1.165, 1.54) is 5.39 Å². The Morgan fingerprint density at radius 3 is 1.34 bits per heavy atom. The SMILES string of the molecule is c1ccc(-c2cccc(-c3nc(-c4ccccc4)nc(-n4c5ccccc5c5ccc6c7ccccc7n(-c7cc(-c8ccccc8)ccc7-c7ccccc7)c6c54)n3)c2)cc1. The average Bonchev–Trinajstić information content (AvgIpc) is 3.88. The van der Waals surface area contributed by atoms with Gasteiger partial charge in [0.15, 0.2) is 11.6 Å². The molecule has 0 N–H and O–H groups in total. The molecule has 0 aliphatic heterocycles. The molecule has 12 aromatic rings. The quantitative estimate of drug-likeness (QED) is 0.162. The molecule has 0 saturated carbocycles. The first-order chi connectivity index (χ1) is 30.8. The van der Waals surface area contributed by atoms with Crippen LogP contribution < -0.4 is 0 Å². The monoisotopic (exact) mass is 791 g/mol. The maximum absolute atomic E-state index is 5.42. The molecule has 0 saturated heterocycles. The molecule has 0 fully saturated rings. The Morgan fingerprint density at radius 2 is 0.726 bits per heavy atom. The third-order valence-electron chi connectivity index (χ3n) is 12.0. The molecule has 3 heterocycles. The molecule has 0 aliphatic carbocycles. The van der Waals surface area contributed by atoms with Crippen molar-refractivity contribution in [3.05, 3.63) is 224 Å². The van der Waals surface area contributed by atoms with Gasteiger partial charge < -0.3 is 4.57 Å². The zero-order valence-electron chi connectivity index (χ0n) is 33.6. The average molecular weight is 792 g/mol. The highest BCUT2D eigenvalue weighted by molar-refractivity contribution is 6.24. The van der Waals surface area contributed by atoms with Gasteiger partial charge in [-0.2, -0.15) is 9.97 Å². The lowest BCUT2D eigenvalue weighted by Crippen LogP contribution is -2.07. The van der Waals surface area contributed by atoms with E-state index in [9.17, 15) is 0 Å². The van der Waals surface area contributed by atoms with Crippen molar-refractivity contribution in [2.75, 3.05) is 0 Å². The van der Waals surface area contributed by atoms with Crippen molar-refractivity contribution in [3.8, 4) is 67.8 Å². The van der Waals surface area contributed by atoms with Crippen LogP contribution in [-0.2, 0) is 0 Å². The highest BCUT2D eigenvalue weighted by Crippen LogP contribution is 2.44. The molecular weight excluding hydrogens is 755 g/mol. The number of aromatic nitrogens is 5. The molecule has 12 rings (SSSR count). The molecule has 0 amide bonds. The van der Waals surface area contributed by atoms with Gasteiger partial charge in [0.05, 0.1) is 27.8 Å². The molecule has 9 aromatic carbocycles. The van der Waals surface area contributed by atoms with Crippen LogP contribution in [0.2, 0.25) is 0 Å². The van der Waals surface area contributed by atoms with E-state index < -0.39 is 0 Å². The van der Waals surface area contributed by atoms with Gasteiger partial charge in [-0.15, -0.1) is 0 Å². The number of benzene rings is 9. The van der Waals surface area contributed by atoms with E-state index in [-0.39, 0.29) is 0 Å². The summed E-state index contributed by atoms with van der Waals surface area (Å²) in [5, 5.41) is 4.56. The van der Waals surface area contributed by atoms with Crippen molar-refractivity contribution in [2.45, 2.75) is 0 Å². The minimum absolute atomic E-state index is 0.552. The standard InChI is InChI=1S/C57H37N5/c1-5-18-38(19-6-1)42-26-17-27-44(36-42)56-58-55(41-24-11-4-12-25-41)59-57(60-56)62-51-31-16-14-29-47(51)49-35-34-48-46-28-13-15-30-50(46)61(53(48)54(49)62)52-37-43(39-20-7-2-8-21-39)32-33-45(52)40-22-9-3-10-23-40/h1-37H. The van der Waals surface area contributed by atoms with Crippen molar-refractivity contribution in [2.24, 2.45) is 0 Å². The molecule has 290 valence electrons. The molecule has 0 atom stereocenters. The molecule has 5 nitrogen and oxygen atoms in total. The summed E-state index contributed by atoms with van der Waals surface area (Å²) in [6.45, 7) is 0. The van der Waals surface area contributed by atoms with Gasteiger partial charge >= 0.3 is 0 Å². The normalized spacial score (nSPS) is 11.5. The van der Waals surface area contributed by atoms with Crippen LogP contribution in [-0.4, -0.2) is 24.1 Å². The Kier molecular flexibility index (Phi) is 8.42. The van der Waals surface area contributed by atoms with Gasteiger partial charge in [-0.3, -0.25) is 4.57 Å². The van der Waals surface area contributed by atoms with Gasteiger partial charge in [0, 0.05) is 38.2 Å². The van der Waals surface area contributed by atoms with E-state index in [1.807, 2.05) is 24.3 Å². The Balaban J connectivity index is 1.21. The molecule has 0 radical (unpaired) electrons. The van der Waals surface area contributed by atoms with Crippen LogP contribution in [0.1, 0.15) is 0 Å². The van der Waals surface area contributed by atoms with Crippen molar-refractivity contribution in [1.82, 2.24) is 24.1 Å². The minimum atomic E-state index is 0.552. The second kappa shape index (κ2) is 14.7. The van der Waals surface area contributed by atoms with Gasteiger partial charge in [0.25, 0.3) is 0 Å². The van der Waals surface area contributed by atoms with Crippen LogP contribution in [0.5, 0.6) is 0 Å². The van der Waals surface area contributed by atoms with Crippen molar-refractivity contribution >= 4 is 43.6 Å². The fourth-order valence-electron chi connectivity index (χ4n) is 9.13. The molecule has 5 heteroatoms. The van der Waals surface area contributed by atoms with Crippen LogP contribution in [0.25, 0.3) is 111 Å². The van der Waals surface area contributed by atoms with E-state index in [4.69, 9.17) is 15.0 Å². The van der Waals surface area contributed by atoms with Crippen LogP contribution in [0.4, 0.5) is 0 Å². The van der Waals surface area contributed by atoms with Crippen LogP contribution >= 0.6 is 0 Å². The molecule has 0 unspecified atom stereocenters. The van der Waals surface area contributed by atoms with Crippen molar-refractivity contribution in [3.63, 3.8) is 0 Å². The Bertz CT molecular complexity index is 3610. The van der Waals surface area contributed by atoms with Gasteiger partial charge in [-0.25, -0.2) is 4.98 Å². The van der Waals surface area contributed by atoms with Gasteiger partial charge in [0.1, 0.15) is 0 Å². The predicted octanol–water partition coefficient (Wildman–Crippen LogP) is 14.4. The molecule has 0 bridgehead atoms. The summed E-state index contributed by atoms with van der Waals surface area (Å²) >= 11 is 0. The molecule has 0 aliphatic rings. The van der Waals surface area contributed by atoms with Crippen molar-refractivity contribution < 1.29 is 0 Å². The Labute approximate surface area is 358 Å². The first-order valence-corrected chi connectivity index (χ1v) is 21.0. The maximum Gasteiger partial charge on any atom is 0.238 e. The fourth-order valence-corrected chi connectivity index (χ4v) is 9.13. The van der Waals surface area contributed by atoms with Gasteiger partial charge in [0.2, 0.25) is 5.95 Å². The Hall–Kier alpha value is -8.41. The molecule has 0 spiro atoms. The van der Waals surface area contributed by atoms with Crippen molar-refractivity contribution in [1.29, 1.82) is 0 Å². The van der Waals surface area contributed by atoms with Crippen LogP contribution in [0.15, 0.2) is 224 Å². The second-order valence-electron chi connectivity index (χ2n) is 15.6. The summed E-state index contributed by atoms with van der Waals surface area (Å²) in [6.07, 6.45) is 0. The van der Waals surface area contributed by atoms with E-state index in [0.717, 1.165) is 88.4 Å². The lowest BCUT2D eigenvalue weighted by atomic mass is 9.98. The largest absolute Gasteiger partial charge is 0.307 e. The number of nitrogens with zero attached hydrogens (tertiary/aromatic N) is 5. The van der Waals surface area contributed by atoms with E-state index >= 15 is 0 Å². The fraction of sp³-hybridized carbons (Fsp3) is 0. The highest BCUT2D eigenvalue weighted by atomic mass is 15.2. The lowest BCUT2D eigenvalue weighted by molar-refractivity contribution is 0.953. The Morgan fingerprint density at radius 1 is 0.274 bits per heavy atom. The first-order valence-electron chi connectivity index (χ1n) is 21.0. The summed E-state index contributed by atoms with van der Waals surface area (Å²) < 4.78 is 4.74. The number of fused-ring (bicyclic) bond motifs is 7. The van der Waals surface area contributed by atoms with Crippen LogP contribution in [0, 0.1) is 0 Å². The molecular formula is C57H37N5. The third kappa shape index (κ3) is 5.90. The van der Waals surface area contributed by atoms with E-state index in [2.05, 4.69) is 209 Å². The predicted molar refractivity (Wildman–Crippen MR) is 256 cm³/mol. The van der Waals surface area contributed by atoms with Gasteiger partial charge in [-0.1, -0.05) is 200 Å². The lowest BCUT2D eigenvalue weighted by Gasteiger charge is -2.17. The molecule has 62 heavy (non-hydrogen) atoms. The summed E-state index contributed by atoms with van der Waals surface area (Å²) in [4.78, 5) is 16.0. The second-order valence-corrected chi connectivity index (χ2v) is 15.6. The van der Waals surface area contributed by atoms with E-state index in [0.29, 0.717) is 17.6 Å². The zero-order chi connectivity index (χ0) is 41.0. The summed E-state index contributed by atoms with van der Waals surface area (Å²) in [6, 6.07) is 79.3. The zero-order valence-corrected chi connectivity index (χ0v) is 33.6. The van der Waals surface area contributed by atoms with E-state index in [1.54, 1.807) is 0 Å². The first kappa shape index (κ1) is 35.5.